The molecule has 0 saturated carbocycles. The molecule has 8 heteroatoms. The first-order valence-electron chi connectivity index (χ1n) is 9.29. The Morgan fingerprint density at radius 3 is 2.41 bits per heavy atom. The van der Waals surface area contributed by atoms with Crippen LogP contribution in [0.15, 0.2) is 63.0 Å². The van der Waals surface area contributed by atoms with Gasteiger partial charge < -0.3 is 14.6 Å². The third-order valence-corrected chi connectivity index (χ3v) is 6.41. The number of amides is 2. The SMILES string of the molecule is O=C(Nc1ccc(C(=O)N2CCN(Cc3ccc(Br)s3)CC2)cc1)c1ccco1. The van der Waals surface area contributed by atoms with Gasteiger partial charge in [-0.05, 0) is 64.5 Å². The summed E-state index contributed by atoms with van der Waals surface area (Å²) in [5.74, 6) is -0.0478. The molecule has 2 aromatic heterocycles. The number of furan rings is 1. The van der Waals surface area contributed by atoms with E-state index in [1.54, 1.807) is 47.7 Å². The number of nitrogens with one attached hydrogen (secondary N) is 1. The van der Waals surface area contributed by atoms with Crippen molar-refractivity contribution in [3.05, 3.63) is 74.8 Å². The zero-order valence-electron chi connectivity index (χ0n) is 15.6. The van der Waals surface area contributed by atoms with Gasteiger partial charge in [0, 0.05) is 48.9 Å². The van der Waals surface area contributed by atoms with Gasteiger partial charge in [0.1, 0.15) is 0 Å². The summed E-state index contributed by atoms with van der Waals surface area (Å²) in [7, 11) is 0. The maximum atomic E-state index is 12.8. The molecule has 150 valence electrons. The minimum absolute atomic E-state index is 0.0208. The zero-order chi connectivity index (χ0) is 20.2. The van der Waals surface area contributed by atoms with E-state index in [2.05, 4.69) is 38.3 Å². The largest absolute Gasteiger partial charge is 0.459 e. The number of nitrogens with zero attached hydrogens (tertiary/aromatic N) is 2. The lowest BCUT2D eigenvalue weighted by molar-refractivity contribution is 0.0629. The number of carbonyl (C=O) groups is 2. The number of carbonyl (C=O) groups excluding carboxylic acids is 2. The van der Waals surface area contributed by atoms with Gasteiger partial charge in [0.2, 0.25) is 0 Å². The number of piperazine rings is 1. The molecule has 1 aliphatic heterocycles. The average molecular weight is 474 g/mol. The molecule has 1 fully saturated rings. The van der Waals surface area contributed by atoms with Crippen molar-refractivity contribution >= 4 is 44.8 Å². The normalized spacial score (nSPS) is 14.7. The molecule has 4 rings (SSSR count). The second-order valence-electron chi connectivity index (χ2n) is 6.78. The smallest absolute Gasteiger partial charge is 0.291 e. The van der Waals surface area contributed by atoms with E-state index in [1.165, 1.54) is 11.1 Å². The van der Waals surface area contributed by atoms with Crippen LogP contribution >= 0.6 is 27.3 Å². The molecule has 1 saturated heterocycles. The quantitative estimate of drug-likeness (QED) is 0.599. The van der Waals surface area contributed by atoms with Crippen LogP contribution in [-0.4, -0.2) is 47.8 Å². The van der Waals surface area contributed by atoms with E-state index in [4.69, 9.17) is 4.42 Å². The Balaban J connectivity index is 1.30. The Bertz CT molecular complexity index is 977. The van der Waals surface area contributed by atoms with Gasteiger partial charge in [0.25, 0.3) is 11.8 Å². The highest BCUT2D eigenvalue weighted by atomic mass is 79.9. The summed E-state index contributed by atoms with van der Waals surface area (Å²) >= 11 is 5.25. The Hall–Kier alpha value is -2.42. The van der Waals surface area contributed by atoms with Gasteiger partial charge in [-0.3, -0.25) is 14.5 Å². The second-order valence-corrected chi connectivity index (χ2v) is 9.33. The van der Waals surface area contributed by atoms with E-state index in [-0.39, 0.29) is 17.6 Å². The molecule has 2 amide bonds. The van der Waals surface area contributed by atoms with E-state index < -0.39 is 0 Å². The number of hydrogen-bond acceptors (Lipinski definition) is 5. The Kier molecular flexibility index (Phi) is 6.13. The number of thiophene rings is 1. The molecule has 1 aliphatic rings. The zero-order valence-corrected chi connectivity index (χ0v) is 18.0. The summed E-state index contributed by atoms with van der Waals surface area (Å²) in [6, 6.07) is 14.4. The molecule has 0 unspecified atom stereocenters. The fraction of sp³-hybridized carbons (Fsp3) is 0.238. The molecule has 29 heavy (non-hydrogen) atoms. The van der Waals surface area contributed by atoms with Crippen molar-refractivity contribution in [3.8, 4) is 0 Å². The highest BCUT2D eigenvalue weighted by Gasteiger charge is 2.22. The summed E-state index contributed by atoms with van der Waals surface area (Å²) in [5, 5.41) is 2.75. The summed E-state index contributed by atoms with van der Waals surface area (Å²) < 4.78 is 6.22. The topological polar surface area (TPSA) is 65.8 Å². The predicted molar refractivity (Wildman–Crippen MR) is 116 cm³/mol. The van der Waals surface area contributed by atoms with Crippen molar-refractivity contribution < 1.29 is 14.0 Å². The predicted octanol–water partition coefficient (Wildman–Crippen LogP) is 4.31. The minimum atomic E-state index is -0.317. The Labute approximate surface area is 181 Å². The molecular formula is C21H20BrN3O3S. The number of anilines is 1. The van der Waals surface area contributed by atoms with Crippen molar-refractivity contribution in [1.82, 2.24) is 9.80 Å². The van der Waals surface area contributed by atoms with Gasteiger partial charge in [-0.25, -0.2) is 0 Å². The molecule has 3 heterocycles. The number of halogens is 1. The summed E-state index contributed by atoms with van der Waals surface area (Å²) in [6.07, 6.45) is 1.45. The standard InChI is InChI=1S/C21H20BrN3O3S/c22-19-8-7-17(29-19)14-24-9-11-25(12-10-24)21(27)15-3-5-16(6-4-15)23-20(26)18-2-1-13-28-18/h1-8,13H,9-12,14H2,(H,23,26). The van der Waals surface area contributed by atoms with Gasteiger partial charge in [-0.2, -0.15) is 0 Å². The highest BCUT2D eigenvalue weighted by molar-refractivity contribution is 9.11. The maximum absolute atomic E-state index is 12.8. The third-order valence-electron chi connectivity index (χ3n) is 4.80. The number of rotatable bonds is 5. The molecule has 1 aromatic carbocycles. The molecule has 3 aromatic rings. The fourth-order valence-corrected chi connectivity index (χ4v) is 4.77. The highest BCUT2D eigenvalue weighted by Crippen LogP contribution is 2.24. The van der Waals surface area contributed by atoms with Crippen molar-refractivity contribution in [2.24, 2.45) is 0 Å². The molecule has 6 nitrogen and oxygen atoms in total. The summed E-state index contributed by atoms with van der Waals surface area (Å²) in [6.45, 7) is 4.06. The summed E-state index contributed by atoms with van der Waals surface area (Å²) in [5.41, 5.74) is 1.24. The lowest BCUT2D eigenvalue weighted by Crippen LogP contribution is -2.48. The molecule has 0 atom stereocenters. The van der Waals surface area contributed by atoms with Crippen molar-refractivity contribution in [3.63, 3.8) is 0 Å². The van der Waals surface area contributed by atoms with E-state index in [0.717, 1.165) is 23.4 Å². The van der Waals surface area contributed by atoms with Crippen LogP contribution in [0.1, 0.15) is 25.8 Å². The third kappa shape index (κ3) is 4.95. The number of benzene rings is 1. The monoisotopic (exact) mass is 473 g/mol. The van der Waals surface area contributed by atoms with Crippen LogP contribution in [0, 0.1) is 0 Å². The molecule has 0 aliphatic carbocycles. The van der Waals surface area contributed by atoms with Crippen LogP contribution in [-0.2, 0) is 6.54 Å². The van der Waals surface area contributed by atoms with Crippen LogP contribution < -0.4 is 5.32 Å². The van der Waals surface area contributed by atoms with Crippen LogP contribution in [0.3, 0.4) is 0 Å². The first-order chi connectivity index (χ1) is 14.1. The molecule has 0 spiro atoms. The van der Waals surface area contributed by atoms with Gasteiger partial charge in [0.15, 0.2) is 5.76 Å². The lowest BCUT2D eigenvalue weighted by atomic mass is 10.1. The van der Waals surface area contributed by atoms with Crippen molar-refractivity contribution in [2.75, 3.05) is 31.5 Å². The van der Waals surface area contributed by atoms with Crippen LogP contribution in [0.5, 0.6) is 0 Å². The van der Waals surface area contributed by atoms with Crippen molar-refractivity contribution in [1.29, 1.82) is 0 Å². The fourth-order valence-electron chi connectivity index (χ4n) is 3.25. The van der Waals surface area contributed by atoms with Gasteiger partial charge in [-0.15, -0.1) is 11.3 Å². The first kappa shape index (κ1) is 19.9. The van der Waals surface area contributed by atoms with E-state index in [0.29, 0.717) is 24.3 Å². The lowest BCUT2D eigenvalue weighted by Gasteiger charge is -2.34. The summed E-state index contributed by atoms with van der Waals surface area (Å²) in [4.78, 5) is 30.4. The van der Waals surface area contributed by atoms with Gasteiger partial charge in [-0.1, -0.05) is 0 Å². The molecule has 1 N–H and O–H groups in total. The Morgan fingerprint density at radius 2 is 1.79 bits per heavy atom. The molecular weight excluding hydrogens is 454 g/mol. The first-order valence-corrected chi connectivity index (χ1v) is 10.9. The van der Waals surface area contributed by atoms with E-state index >= 15 is 0 Å². The number of hydrogen-bond donors (Lipinski definition) is 1. The second kappa shape index (κ2) is 8.94. The minimum Gasteiger partial charge on any atom is -0.459 e. The van der Waals surface area contributed by atoms with Crippen LogP contribution in [0.2, 0.25) is 0 Å². The van der Waals surface area contributed by atoms with Crippen LogP contribution in [0.4, 0.5) is 5.69 Å². The van der Waals surface area contributed by atoms with Crippen LogP contribution in [0.25, 0.3) is 0 Å². The Morgan fingerprint density at radius 1 is 1.03 bits per heavy atom. The van der Waals surface area contributed by atoms with E-state index in [1.807, 2.05) is 4.90 Å². The van der Waals surface area contributed by atoms with Gasteiger partial charge in [0.05, 0.1) is 10.0 Å². The van der Waals surface area contributed by atoms with Gasteiger partial charge >= 0.3 is 0 Å². The molecule has 0 bridgehead atoms. The molecule has 0 radical (unpaired) electrons. The average Bonchev–Trinajstić information content (AvgIpc) is 3.41. The van der Waals surface area contributed by atoms with Crippen molar-refractivity contribution in [2.45, 2.75) is 6.54 Å². The maximum Gasteiger partial charge on any atom is 0.291 e. The van der Waals surface area contributed by atoms with E-state index in [9.17, 15) is 9.59 Å².